The lowest BCUT2D eigenvalue weighted by molar-refractivity contribution is 0.340. The fourth-order valence-electron chi connectivity index (χ4n) is 5.16. The number of ether oxygens (including phenoxy) is 1. The van der Waals surface area contributed by atoms with Crippen molar-refractivity contribution in [2.45, 2.75) is 32.6 Å². The molecular weight excluding hydrogens is 544 g/mol. The molecule has 0 spiro atoms. The van der Waals surface area contributed by atoms with Crippen LogP contribution in [-0.2, 0) is 12.8 Å². The van der Waals surface area contributed by atoms with Gasteiger partial charge in [0.05, 0.1) is 29.4 Å². The summed E-state index contributed by atoms with van der Waals surface area (Å²) in [6, 6.07) is 26.8. The zero-order valence-corrected chi connectivity index (χ0v) is 23.0. The molecule has 1 aliphatic heterocycles. The highest BCUT2D eigenvalue weighted by Crippen LogP contribution is 2.37. The molecule has 0 radical (unpaired) electrons. The zero-order chi connectivity index (χ0) is 25.4. The van der Waals surface area contributed by atoms with E-state index in [0.717, 1.165) is 69.9 Å². The molecule has 0 amide bonds. The third kappa shape index (κ3) is 4.47. The van der Waals surface area contributed by atoms with Crippen LogP contribution in [0, 0.1) is 0 Å². The first-order chi connectivity index (χ1) is 18.1. The largest absolute Gasteiger partial charge is 0.494 e. The molecule has 0 saturated carbocycles. The topological polar surface area (TPSA) is 43.5 Å². The van der Waals surface area contributed by atoms with Crippen molar-refractivity contribution < 1.29 is 4.74 Å². The molecule has 6 rings (SSSR count). The highest BCUT2D eigenvalue weighted by Gasteiger charge is 2.28. The monoisotopic (exact) mass is 570 g/mol. The summed E-state index contributed by atoms with van der Waals surface area (Å²) < 4.78 is 11.1. The van der Waals surface area contributed by atoms with E-state index in [1.54, 1.807) is 0 Å². The minimum Gasteiger partial charge on any atom is -0.494 e. The number of aromatic nitrogens is 3. The van der Waals surface area contributed by atoms with Crippen molar-refractivity contribution in [1.29, 1.82) is 0 Å². The Morgan fingerprint density at radius 2 is 1.62 bits per heavy atom. The quantitative estimate of drug-likeness (QED) is 0.219. The van der Waals surface area contributed by atoms with Gasteiger partial charge in [-0.3, -0.25) is 8.97 Å². The standard InChI is InChI=1S/C30H27BrN4OS/c1-2-36-24-18-16-23(17-19-24)32-30(37)35-28(21-12-14-22(31)15-13-21)26-11-7-6-10-25-27(33-29(35)34(25)26)20-8-4-3-5-9-20/h3-5,8-9,12-19H,2,6-7,10-11H2,1H3,(H,32,37). The second-order valence-electron chi connectivity index (χ2n) is 9.14. The molecule has 1 aliphatic rings. The number of rotatable bonds is 5. The minimum atomic E-state index is 0.593. The highest BCUT2D eigenvalue weighted by molar-refractivity contribution is 9.10. The second kappa shape index (κ2) is 10.1. The molecule has 1 N–H and O–H groups in total. The van der Waals surface area contributed by atoms with Gasteiger partial charge in [0.2, 0.25) is 5.78 Å². The number of imidazole rings is 2. The van der Waals surface area contributed by atoms with Crippen molar-refractivity contribution in [3.8, 4) is 28.3 Å². The summed E-state index contributed by atoms with van der Waals surface area (Å²) in [6.07, 6.45) is 4.22. The predicted molar refractivity (Wildman–Crippen MR) is 158 cm³/mol. The molecule has 5 nitrogen and oxygen atoms in total. The van der Waals surface area contributed by atoms with Gasteiger partial charge in [0.25, 0.3) is 0 Å². The van der Waals surface area contributed by atoms with E-state index in [9.17, 15) is 0 Å². The number of anilines is 1. The van der Waals surface area contributed by atoms with E-state index >= 15 is 0 Å². The zero-order valence-electron chi connectivity index (χ0n) is 20.6. The number of hydrogen-bond donors (Lipinski definition) is 1. The number of nitrogens with one attached hydrogen (secondary N) is 1. The maximum atomic E-state index is 6.07. The Kier molecular flexibility index (Phi) is 6.57. The van der Waals surface area contributed by atoms with Crippen molar-refractivity contribution in [3.05, 3.63) is 94.7 Å². The van der Waals surface area contributed by atoms with Gasteiger partial charge < -0.3 is 10.1 Å². The van der Waals surface area contributed by atoms with Crippen LogP contribution in [0.2, 0.25) is 0 Å². The third-order valence-corrected chi connectivity index (χ3v) is 7.60. The molecule has 2 aromatic heterocycles. The van der Waals surface area contributed by atoms with Crippen molar-refractivity contribution in [1.82, 2.24) is 14.0 Å². The number of halogens is 1. The molecule has 0 fully saturated rings. The first kappa shape index (κ1) is 23.9. The lowest BCUT2D eigenvalue weighted by atomic mass is 10.1. The molecule has 0 bridgehead atoms. The van der Waals surface area contributed by atoms with Crippen LogP contribution in [0.4, 0.5) is 5.69 Å². The van der Waals surface area contributed by atoms with Crippen molar-refractivity contribution in [3.63, 3.8) is 0 Å². The number of thiocarbonyl (C=S) groups is 1. The van der Waals surface area contributed by atoms with Gasteiger partial charge in [-0.15, -0.1) is 0 Å². The van der Waals surface area contributed by atoms with Crippen LogP contribution >= 0.6 is 28.1 Å². The lowest BCUT2D eigenvalue weighted by Gasteiger charge is -2.14. The molecule has 0 saturated heterocycles. The maximum absolute atomic E-state index is 6.07. The van der Waals surface area contributed by atoms with Gasteiger partial charge in [-0.2, -0.15) is 0 Å². The summed E-state index contributed by atoms with van der Waals surface area (Å²) in [5.74, 6) is 1.69. The summed E-state index contributed by atoms with van der Waals surface area (Å²) in [7, 11) is 0. The van der Waals surface area contributed by atoms with Gasteiger partial charge in [0.1, 0.15) is 5.75 Å². The smallest absolute Gasteiger partial charge is 0.222 e. The lowest BCUT2D eigenvalue weighted by Crippen LogP contribution is -2.20. The van der Waals surface area contributed by atoms with Crippen LogP contribution < -0.4 is 10.1 Å². The number of hydrogen-bond acceptors (Lipinski definition) is 3. The van der Waals surface area contributed by atoms with E-state index in [4.69, 9.17) is 21.9 Å². The van der Waals surface area contributed by atoms with Crippen molar-refractivity contribution in [2.75, 3.05) is 11.9 Å². The molecule has 3 aromatic carbocycles. The van der Waals surface area contributed by atoms with Crippen LogP contribution in [0.5, 0.6) is 5.75 Å². The summed E-state index contributed by atoms with van der Waals surface area (Å²) in [5.41, 5.74) is 7.82. The number of benzene rings is 3. The Balaban J connectivity index is 1.54. The Morgan fingerprint density at radius 1 is 0.919 bits per heavy atom. The Labute approximate surface area is 230 Å². The Bertz CT molecular complexity index is 1570. The molecule has 7 heteroatoms. The van der Waals surface area contributed by atoms with E-state index < -0.39 is 0 Å². The van der Waals surface area contributed by atoms with Crippen molar-refractivity contribution in [2.24, 2.45) is 0 Å². The van der Waals surface area contributed by atoms with E-state index in [0.29, 0.717) is 11.7 Å². The molecule has 0 aliphatic carbocycles. The van der Waals surface area contributed by atoms with E-state index in [2.05, 4.69) is 78.7 Å². The normalized spacial score (nSPS) is 12.9. The average molecular weight is 572 g/mol. The van der Waals surface area contributed by atoms with Crippen LogP contribution in [0.15, 0.2) is 83.3 Å². The summed E-state index contributed by atoms with van der Waals surface area (Å²) >= 11 is 9.66. The van der Waals surface area contributed by atoms with E-state index in [1.807, 2.05) is 37.3 Å². The average Bonchev–Trinajstić information content (AvgIpc) is 3.34. The molecule has 3 heterocycles. The predicted octanol–water partition coefficient (Wildman–Crippen LogP) is 7.75. The van der Waals surface area contributed by atoms with Gasteiger partial charge in [-0.25, -0.2) is 4.98 Å². The van der Waals surface area contributed by atoms with Gasteiger partial charge >= 0.3 is 0 Å². The van der Waals surface area contributed by atoms with Crippen LogP contribution in [0.25, 0.3) is 28.3 Å². The summed E-state index contributed by atoms with van der Waals surface area (Å²) in [5, 5.41) is 4.05. The minimum absolute atomic E-state index is 0.593. The molecule has 0 atom stereocenters. The van der Waals surface area contributed by atoms with Crippen LogP contribution in [0.1, 0.15) is 31.2 Å². The van der Waals surface area contributed by atoms with Gasteiger partial charge in [-0.05, 0) is 81.2 Å². The summed E-state index contributed by atoms with van der Waals surface area (Å²) in [4.78, 5) is 5.23. The molecule has 37 heavy (non-hydrogen) atoms. The maximum Gasteiger partial charge on any atom is 0.222 e. The second-order valence-corrected chi connectivity index (χ2v) is 10.4. The van der Waals surface area contributed by atoms with E-state index in [1.165, 1.54) is 11.4 Å². The van der Waals surface area contributed by atoms with Gasteiger partial charge in [-0.1, -0.05) is 58.4 Å². The third-order valence-electron chi connectivity index (χ3n) is 6.78. The SMILES string of the molecule is CCOc1ccc(NC(=S)n2c(-c3ccc(Br)cc3)c3n4c(c(-c5ccccc5)nc24)CCCC3)cc1. The molecule has 186 valence electrons. The summed E-state index contributed by atoms with van der Waals surface area (Å²) in [6.45, 7) is 2.62. The van der Waals surface area contributed by atoms with Gasteiger partial charge in [0, 0.05) is 21.3 Å². The van der Waals surface area contributed by atoms with Crippen molar-refractivity contribution >= 4 is 44.7 Å². The van der Waals surface area contributed by atoms with E-state index in [-0.39, 0.29) is 0 Å². The number of aryl methyl sites for hydroxylation is 2. The fraction of sp³-hybridized carbons (Fsp3) is 0.200. The Hall–Kier alpha value is -3.42. The first-order valence-corrected chi connectivity index (χ1v) is 13.8. The van der Waals surface area contributed by atoms with Crippen LogP contribution in [0.3, 0.4) is 0 Å². The number of nitrogens with zero attached hydrogens (tertiary/aromatic N) is 3. The molecular formula is C30H27BrN4OS. The highest BCUT2D eigenvalue weighted by atomic mass is 79.9. The fourth-order valence-corrected chi connectivity index (χ4v) is 5.71. The molecule has 5 aromatic rings. The van der Waals surface area contributed by atoms with Gasteiger partial charge in [0.15, 0.2) is 5.11 Å². The Morgan fingerprint density at radius 3 is 2.32 bits per heavy atom. The first-order valence-electron chi connectivity index (χ1n) is 12.6. The molecule has 0 unspecified atom stereocenters. The van der Waals surface area contributed by atoms with Crippen LogP contribution in [-0.4, -0.2) is 25.7 Å².